The van der Waals surface area contributed by atoms with E-state index in [2.05, 4.69) is 19.9 Å². The zero-order chi connectivity index (χ0) is 10.3. The molecule has 0 unspecified atom stereocenters. The van der Waals surface area contributed by atoms with E-state index in [4.69, 9.17) is 4.74 Å². The van der Waals surface area contributed by atoms with Crippen molar-refractivity contribution in [2.24, 2.45) is 0 Å². The van der Waals surface area contributed by atoms with Gasteiger partial charge in [-0.05, 0) is 35.1 Å². The molecule has 1 aliphatic carbocycles. The Morgan fingerprint density at radius 1 is 1.43 bits per heavy atom. The fourth-order valence-electron chi connectivity index (χ4n) is 2.26. The first-order valence-corrected chi connectivity index (χ1v) is 4.91. The topological polar surface area (TPSA) is 29.5 Å². The summed E-state index contributed by atoms with van der Waals surface area (Å²) >= 11 is 0. The highest BCUT2D eigenvalue weighted by molar-refractivity contribution is 5.44. The summed E-state index contributed by atoms with van der Waals surface area (Å²) < 4.78 is 5.14. The Bertz CT molecular complexity index is 355. The van der Waals surface area contributed by atoms with Gasteiger partial charge in [0.25, 0.3) is 0 Å². The minimum atomic E-state index is -0.338. The van der Waals surface area contributed by atoms with Gasteiger partial charge in [0.2, 0.25) is 0 Å². The van der Waals surface area contributed by atoms with Gasteiger partial charge in [0.1, 0.15) is 5.75 Å². The van der Waals surface area contributed by atoms with E-state index in [0.717, 1.165) is 17.7 Å². The third kappa shape index (κ3) is 1.30. The highest BCUT2D eigenvalue weighted by atomic mass is 16.5. The summed E-state index contributed by atoms with van der Waals surface area (Å²) in [5, 5.41) is 9.88. The van der Waals surface area contributed by atoms with Crippen LogP contribution in [0.5, 0.6) is 5.75 Å². The molecule has 1 atom stereocenters. The van der Waals surface area contributed by atoms with Crippen LogP contribution in [0, 0.1) is 0 Å². The first-order valence-electron chi connectivity index (χ1n) is 4.91. The summed E-state index contributed by atoms with van der Waals surface area (Å²) in [6.07, 6.45) is 0.463. The van der Waals surface area contributed by atoms with Gasteiger partial charge >= 0.3 is 0 Å². The molecule has 0 bridgehead atoms. The third-order valence-electron chi connectivity index (χ3n) is 3.05. The number of benzene rings is 1. The van der Waals surface area contributed by atoms with Gasteiger partial charge in [-0.1, -0.05) is 19.9 Å². The molecule has 2 rings (SSSR count). The van der Waals surface area contributed by atoms with E-state index < -0.39 is 0 Å². The Morgan fingerprint density at radius 2 is 2.14 bits per heavy atom. The van der Waals surface area contributed by atoms with E-state index in [1.807, 2.05) is 12.1 Å². The maximum absolute atomic E-state index is 9.88. The van der Waals surface area contributed by atoms with Gasteiger partial charge in [-0.2, -0.15) is 0 Å². The number of methoxy groups -OCH3 is 1. The minimum Gasteiger partial charge on any atom is -0.497 e. The number of aliphatic hydroxyl groups excluding tert-OH is 1. The zero-order valence-electron chi connectivity index (χ0n) is 8.87. The van der Waals surface area contributed by atoms with Gasteiger partial charge in [0.15, 0.2) is 0 Å². The molecule has 1 aliphatic rings. The normalized spacial score (nSPS) is 23.3. The van der Waals surface area contributed by atoms with Crippen LogP contribution in [0.15, 0.2) is 18.2 Å². The molecule has 0 spiro atoms. The molecule has 14 heavy (non-hydrogen) atoms. The summed E-state index contributed by atoms with van der Waals surface area (Å²) in [7, 11) is 1.65. The standard InChI is InChI=1S/C12H16O2/c1-12(2)7-11(13)9-6-8(14-3)4-5-10(9)12/h4-6,11,13H,7H2,1-3H3/t11-/m0/s1. The summed E-state index contributed by atoms with van der Waals surface area (Å²) in [5.74, 6) is 0.820. The van der Waals surface area contributed by atoms with Crippen LogP contribution in [-0.2, 0) is 5.41 Å². The van der Waals surface area contributed by atoms with E-state index in [0.29, 0.717) is 0 Å². The van der Waals surface area contributed by atoms with Crippen LogP contribution in [0.1, 0.15) is 37.5 Å². The number of fused-ring (bicyclic) bond motifs is 1. The molecule has 0 fully saturated rings. The molecule has 2 nitrogen and oxygen atoms in total. The Hall–Kier alpha value is -1.02. The maximum atomic E-state index is 9.88. The molecule has 2 heteroatoms. The third-order valence-corrected chi connectivity index (χ3v) is 3.05. The van der Waals surface area contributed by atoms with Crippen molar-refractivity contribution in [3.63, 3.8) is 0 Å². The second-order valence-electron chi connectivity index (χ2n) is 4.56. The predicted molar refractivity (Wildman–Crippen MR) is 55.6 cm³/mol. The lowest BCUT2D eigenvalue weighted by molar-refractivity contribution is 0.161. The lowest BCUT2D eigenvalue weighted by Crippen LogP contribution is -2.12. The van der Waals surface area contributed by atoms with Crippen LogP contribution in [0.4, 0.5) is 0 Å². The fraction of sp³-hybridized carbons (Fsp3) is 0.500. The van der Waals surface area contributed by atoms with Crippen molar-refractivity contribution in [1.82, 2.24) is 0 Å². The van der Waals surface area contributed by atoms with Gasteiger partial charge in [-0.3, -0.25) is 0 Å². The molecule has 76 valence electrons. The second kappa shape index (κ2) is 2.99. The first-order chi connectivity index (χ1) is 6.54. The Balaban J connectivity index is 2.52. The Kier molecular flexibility index (Phi) is 2.04. The van der Waals surface area contributed by atoms with E-state index >= 15 is 0 Å². The summed E-state index contributed by atoms with van der Waals surface area (Å²) in [5.41, 5.74) is 2.35. The highest BCUT2D eigenvalue weighted by Gasteiger charge is 2.35. The van der Waals surface area contributed by atoms with E-state index in [9.17, 15) is 5.11 Å². The lowest BCUT2D eigenvalue weighted by atomic mass is 9.86. The van der Waals surface area contributed by atoms with E-state index in [1.54, 1.807) is 7.11 Å². The molecule has 0 saturated heterocycles. The first kappa shape index (κ1) is 9.53. The van der Waals surface area contributed by atoms with Gasteiger partial charge < -0.3 is 9.84 Å². The quantitative estimate of drug-likeness (QED) is 0.740. The van der Waals surface area contributed by atoms with E-state index in [1.165, 1.54) is 5.56 Å². The molecule has 0 amide bonds. The minimum absolute atomic E-state index is 0.0843. The van der Waals surface area contributed by atoms with Crippen LogP contribution < -0.4 is 4.74 Å². The van der Waals surface area contributed by atoms with Crippen molar-refractivity contribution < 1.29 is 9.84 Å². The van der Waals surface area contributed by atoms with Crippen LogP contribution >= 0.6 is 0 Å². The molecule has 0 heterocycles. The zero-order valence-corrected chi connectivity index (χ0v) is 8.87. The molecular weight excluding hydrogens is 176 g/mol. The van der Waals surface area contributed by atoms with Crippen molar-refractivity contribution in [2.75, 3.05) is 7.11 Å². The fourth-order valence-corrected chi connectivity index (χ4v) is 2.26. The molecule has 1 N–H and O–H groups in total. The van der Waals surface area contributed by atoms with Crippen LogP contribution in [0.25, 0.3) is 0 Å². The van der Waals surface area contributed by atoms with E-state index in [-0.39, 0.29) is 11.5 Å². The number of aliphatic hydroxyl groups is 1. The van der Waals surface area contributed by atoms with Crippen LogP contribution in [0.3, 0.4) is 0 Å². The van der Waals surface area contributed by atoms with Gasteiger partial charge in [-0.15, -0.1) is 0 Å². The second-order valence-corrected chi connectivity index (χ2v) is 4.56. The molecule has 0 aliphatic heterocycles. The molecule has 0 aromatic heterocycles. The number of ether oxygens (including phenoxy) is 1. The summed E-state index contributed by atoms with van der Waals surface area (Å²) in [6, 6.07) is 5.96. The monoisotopic (exact) mass is 192 g/mol. The van der Waals surface area contributed by atoms with Crippen molar-refractivity contribution in [1.29, 1.82) is 0 Å². The summed E-state index contributed by atoms with van der Waals surface area (Å²) in [6.45, 7) is 4.32. The molecular formula is C12H16O2. The average molecular weight is 192 g/mol. The van der Waals surface area contributed by atoms with Crippen molar-refractivity contribution in [3.8, 4) is 5.75 Å². The molecule has 1 aromatic carbocycles. The average Bonchev–Trinajstić information content (AvgIpc) is 2.37. The Labute approximate surface area is 84.5 Å². The van der Waals surface area contributed by atoms with Gasteiger partial charge in [0, 0.05) is 0 Å². The van der Waals surface area contributed by atoms with Gasteiger partial charge in [-0.25, -0.2) is 0 Å². The van der Waals surface area contributed by atoms with Crippen molar-refractivity contribution in [2.45, 2.75) is 31.8 Å². The smallest absolute Gasteiger partial charge is 0.119 e. The number of hydrogen-bond acceptors (Lipinski definition) is 2. The molecule has 1 aromatic rings. The largest absolute Gasteiger partial charge is 0.497 e. The van der Waals surface area contributed by atoms with Crippen LogP contribution in [0.2, 0.25) is 0 Å². The SMILES string of the molecule is COc1ccc2c(c1)[C@@H](O)CC2(C)C. The van der Waals surface area contributed by atoms with Crippen LogP contribution in [-0.4, -0.2) is 12.2 Å². The predicted octanol–water partition coefficient (Wildman–Crippen LogP) is 2.41. The van der Waals surface area contributed by atoms with Gasteiger partial charge in [0.05, 0.1) is 13.2 Å². The lowest BCUT2D eigenvalue weighted by Gasteiger charge is -2.18. The maximum Gasteiger partial charge on any atom is 0.119 e. The Morgan fingerprint density at radius 3 is 2.79 bits per heavy atom. The molecule has 0 saturated carbocycles. The highest BCUT2D eigenvalue weighted by Crippen LogP contribution is 2.45. The molecule has 0 radical (unpaired) electrons. The number of rotatable bonds is 1. The van der Waals surface area contributed by atoms with Crippen molar-refractivity contribution in [3.05, 3.63) is 29.3 Å². The number of hydrogen-bond donors (Lipinski definition) is 1. The van der Waals surface area contributed by atoms with Crippen molar-refractivity contribution >= 4 is 0 Å². The summed E-state index contributed by atoms with van der Waals surface area (Å²) in [4.78, 5) is 0.